The minimum atomic E-state index is 0.871. The molecule has 3 heteroatoms. The van der Waals surface area contributed by atoms with Gasteiger partial charge in [0.2, 0.25) is 0 Å². The average molecular weight is 804 g/mol. The van der Waals surface area contributed by atoms with Crippen LogP contribution in [0.1, 0.15) is 0 Å². The van der Waals surface area contributed by atoms with Gasteiger partial charge in [0.05, 0.1) is 11.4 Å². The molecule has 2 aromatic heterocycles. The molecule has 2 heterocycles. The van der Waals surface area contributed by atoms with Crippen LogP contribution in [-0.4, -0.2) is 0 Å². The van der Waals surface area contributed by atoms with Crippen LogP contribution in [0.4, 0.5) is 17.1 Å². The maximum atomic E-state index is 6.77. The number of nitrogens with zero attached hydrogens (tertiary/aromatic N) is 1. The molecule has 0 amide bonds. The summed E-state index contributed by atoms with van der Waals surface area (Å²) in [7, 11) is 0. The topological polar surface area (TPSA) is 29.5 Å². The van der Waals surface area contributed by atoms with Gasteiger partial charge in [-0.15, -0.1) is 0 Å². The van der Waals surface area contributed by atoms with Crippen molar-refractivity contribution in [2.45, 2.75) is 0 Å². The maximum Gasteiger partial charge on any atom is 0.143 e. The summed E-state index contributed by atoms with van der Waals surface area (Å²) in [5.74, 6) is 0. The van der Waals surface area contributed by atoms with Crippen molar-refractivity contribution in [1.29, 1.82) is 0 Å². The first-order chi connectivity index (χ1) is 31.3. The lowest BCUT2D eigenvalue weighted by atomic mass is 9.87. The highest BCUT2D eigenvalue weighted by molar-refractivity contribution is 6.25. The van der Waals surface area contributed by atoms with Crippen LogP contribution in [0, 0.1) is 0 Å². The van der Waals surface area contributed by atoms with Crippen molar-refractivity contribution in [1.82, 2.24) is 0 Å². The molecular weight excluding hydrogens is 767 g/mol. The normalized spacial score (nSPS) is 11.8. The van der Waals surface area contributed by atoms with Crippen LogP contribution in [0.3, 0.4) is 0 Å². The number of benzene rings is 11. The largest absolute Gasteiger partial charge is 0.456 e. The molecule has 0 unspecified atom stereocenters. The molecule has 0 aliphatic rings. The Balaban J connectivity index is 1.18. The number of anilines is 3. The van der Waals surface area contributed by atoms with E-state index in [-0.39, 0.29) is 0 Å². The van der Waals surface area contributed by atoms with Crippen LogP contribution < -0.4 is 4.90 Å². The summed E-state index contributed by atoms with van der Waals surface area (Å²) < 4.78 is 13.2. The van der Waals surface area contributed by atoms with Crippen LogP contribution in [-0.2, 0) is 0 Å². The summed E-state index contributed by atoms with van der Waals surface area (Å²) in [6.45, 7) is 0. The van der Waals surface area contributed by atoms with Crippen molar-refractivity contribution in [3.8, 4) is 33.4 Å². The molecule has 63 heavy (non-hydrogen) atoms. The van der Waals surface area contributed by atoms with Gasteiger partial charge in [0, 0.05) is 49.3 Å². The Morgan fingerprint density at radius 2 is 0.857 bits per heavy atom. The summed E-state index contributed by atoms with van der Waals surface area (Å²) >= 11 is 0. The molecule has 0 spiro atoms. The van der Waals surface area contributed by atoms with Crippen LogP contribution >= 0.6 is 0 Å². The van der Waals surface area contributed by atoms with Crippen LogP contribution in [0.5, 0.6) is 0 Å². The second-order valence-corrected chi connectivity index (χ2v) is 16.3. The Bertz CT molecular complexity index is 3940. The van der Waals surface area contributed by atoms with Crippen molar-refractivity contribution in [2.75, 3.05) is 4.90 Å². The molecule has 294 valence electrons. The molecule has 0 saturated carbocycles. The monoisotopic (exact) mass is 803 g/mol. The first-order valence-electron chi connectivity index (χ1n) is 21.5. The zero-order valence-corrected chi connectivity index (χ0v) is 34.1. The van der Waals surface area contributed by atoms with E-state index in [2.05, 4.69) is 217 Å². The molecule has 0 fully saturated rings. The van der Waals surface area contributed by atoms with Crippen molar-refractivity contribution >= 4 is 93.3 Å². The number of furan rings is 2. The van der Waals surface area contributed by atoms with Crippen molar-refractivity contribution in [2.24, 2.45) is 0 Å². The summed E-state index contributed by atoms with van der Waals surface area (Å²) in [6.07, 6.45) is 0. The third-order valence-corrected chi connectivity index (χ3v) is 12.8. The first kappa shape index (κ1) is 35.4. The standard InChI is InChI=1S/C60H37NO2/c1-2-21-41-38(17-1)18-14-30-47(41)58-48-26-5-3-22-43(48)44-23-4-6-27-49(44)59(58)61(40-20-13-19-39(37-40)42-29-16-36-56-57(42)52-28-9-12-35-55(52)62-56)53-33-10-7-24-45(53)50-31-15-32-51-46-25-8-11-34-54(46)63-60(50)51/h1-37H. The van der Waals surface area contributed by atoms with Crippen molar-refractivity contribution in [3.05, 3.63) is 224 Å². The van der Waals surface area contributed by atoms with Gasteiger partial charge in [0.1, 0.15) is 22.3 Å². The van der Waals surface area contributed by atoms with E-state index in [0.717, 1.165) is 88.6 Å². The molecule has 0 N–H and O–H groups in total. The SMILES string of the molecule is c1cc(-c2cccc3oc4ccccc4c23)cc(N(c2ccccc2-c2cccc3c2oc2ccccc23)c2c(-c3cccc4ccccc34)c3ccccc3c3ccccc23)c1. The molecule has 0 bridgehead atoms. The molecule has 3 nitrogen and oxygen atoms in total. The molecule has 13 rings (SSSR count). The van der Waals surface area contributed by atoms with Gasteiger partial charge in [-0.25, -0.2) is 0 Å². The van der Waals surface area contributed by atoms with E-state index in [1.165, 1.54) is 38.1 Å². The number of fused-ring (bicyclic) bond motifs is 10. The Morgan fingerprint density at radius 3 is 1.71 bits per heavy atom. The Hall–Kier alpha value is -8.40. The van der Waals surface area contributed by atoms with Crippen molar-refractivity contribution in [3.63, 3.8) is 0 Å². The molecule has 0 aliphatic carbocycles. The van der Waals surface area contributed by atoms with Gasteiger partial charge < -0.3 is 13.7 Å². The van der Waals surface area contributed by atoms with Gasteiger partial charge in [0.15, 0.2) is 0 Å². The quantitative estimate of drug-likeness (QED) is 0.157. The second-order valence-electron chi connectivity index (χ2n) is 16.3. The molecule has 0 atom stereocenters. The molecule has 0 aliphatic heterocycles. The fourth-order valence-corrected chi connectivity index (χ4v) is 10.1. The summed E-state index contributed by atoms with van der Waals surface area (Å²) in [4.78, 5) is 2.51. The summed E-state index contributed by atoms with van der Waals surface area (Å²) in [5, 5.41) is 11.6. The first-order valence-corrected chi connectivity index (χ1v) is 21.5. The lowest BCUT2D eigenvalue weighted by Crippen LogP contribution is -2.13. The smallest absolute Gasteiger partial charge is 0.143 e. The molecule has 0 saturated heterocycles. The van der Waals surface area contributed by atoms with E-state index < -0.39 is 0 Å². The Labute approximate surface area is 363 Å². The summed E-state index contributed by atoms with van der Waals surface area (Å²) in [6, 6.07) is 80.7. The average Bonchev–Trinajstić information content (AvgIpc) is 3.93. The van der Waals surface area contributed by atoms with Gasteiger partial charge in [-0.2, -0.15) is 0 Å². The minimum absolute atomic E-state index is 0.871. The second kappa shape index (κ2) is 14.1. The van der Waals surface area contributed by atoms with E-state index in [0.29, 0.717) is 0 Å². The van der Waals surface area contributed by atoms with Crippen LogP contribution in [0.15, 0.2) is 233 Å². The molecule has 0 radical (unpaired) electrons. The van der Waals surface area contributed by atoms with Gasteiger partial charge in [-0.1, -0.05) is 188 Å². The van der Waals surface area contributed by atoms with E-state index >= 15 is 0 Å². The van der Waals surface area contributed by atoms with Gasteiger partial charge in [-0.05, 0) is 80.0 Å². The Kier molecular flexibility index (Phi) is 7.91. The van der Waals surface area contributed by atoms with E-state index in [9.17, 15) is 0 Å². The predicted molar refractivity (Wildman–Crippen MR) is 265 cm³/mol. The minimum Gasteiger partial charge on any atom is -0.456 e. The van der Waals surface area contributed by atoms with E-state index in [4.69, 9.17) is 8.83 Å². The van der Waals surface area contributed by atoms with Gasteiger partial charge >= 0.3 is 0 Å². The van der Waals surface area contributed by atoms with Gasteiger partial charge in [-0.3, -0.25) is 0 Å². The number of hydrogen-bond acceptors (Lipinski definition) is 3. The highest BCUT2D eigenvalue weighted by Crippen LogP contribution is 2.53. The zero-order valence-electron chi connectivity index (χ0n) is 34.1. The van der Waals surface area contributed by atoms with Crippen molar-refractivity contribution < 1.29 is 8.83 Å². The third kappa shape index (κ3) is 5.46. The Morgan fingerprint density at radius 1 is 0.317 bits per heavy atom. The fourth-order valence-electron chi connectivity index (χ4n) is 10.1. The molecular formula is C60H37NO2. The number of rotatable bonds is 6. The predicted octanol–water partition coefficient (Wildman–Crippen LogP) is 17.4. The number of para-hydroxylation sites is 4. The fraction of sp³-hybridized carbons (Fsp3) is 0. The van der Waals surface area contributed by atoms with Gasteiger partial charge in [0.25, 0.3) is 0 Å². The zero-order chi connectivity index (χ0) is 41.4. The lowest BCUT2D eigenvalue weighted by Gasteiger charge is -2.32. The van der Waals surface area contributed by atoms with E-state index in [1.54, 1.807) is 0 Å². The highest BCUT2D eigenvalue weighted by atomic mass is 16.3. The van der Waals surface area contributed by atoms with E-state index in [1.807, 2.05) is 12.1 Å². The number of hydrogen-bond donors (Lipinski definition) is 0. The maximum absolute atomic E-state index is 6.77. The molecule has 13 aromatic rings. The highest BCUT2D eigenvalue weighted by Gasteiger charge is 2.27. The van der Waals surface area contributed by atoms with Crippen LogP contribution in [0.2, 0.25) is 0 Å². The molecule has 11 aromatic carbocycles. The van der Waals surface area contributed by atoms with Crippen LogP contribution in [0.25, 0.3) is 110 Å². The lowest BCUT2D eigenvalue weighted by molar-refractivity contribution is 0.669. The third-order valence-electron chi connectivity index (χ3n) is 12.8. The summed E-state index contributed by atoms with van der Waals surface area (Å²) in [5.41, 5.74) is 13.4.